The Bertz CT molecular complexity index is 1460. The van der Waals surface area contributed by atoms with Gasteiger partial charge in [-0.25, -0.2) is 9.79 Å². The van der Waals surface area contributed by atoms with E-state index in [0.29, 0.717) is 52.3 Å². The molecule has 1 atom stereocenters. The molecular formula is C31H33N3O7S. The number of amidine groups is 1. The topological polar surface area (TPSA) is 116 Å². The number of esters is 1. The summed E-state index contributed by atoms with van der Waals surface area (Å²) in [6, 6.07) is 19.3. The second-order valence-corrected chi connectivity index (χ2v) is 10.4. The summed E-state index contributed by atoms with van der Waals surface area (Å²) < 4.78 is 21.0. The maximum atomic E-state index is 13.6. The molecule has 11 heteroatoms. The first-order valence-corrected chi connectivity index (χ1v) is 14.2. The molecule has 1 saturated heterocycles. The minimum atomic E-state index is -0.654. The second kappa shape index (κ2) is 14.4. The van der Waals surface area contributed by atoms with Gasteiger partial charge in [-0.15, -0.1) is 0 Å². The number of nitrogens with zero attached hydrogens (tertiary/aromatic N) is 2. The second-order valence-electron chi connectivity index (χ2n) is 9.18. The van der Waals surface area contributed by atoms with Gasteiger partial charge in [-0.05, 0) is 67.4 Å². The van der Waals surface area contributed by atoms with Crippen LogP contribution >= 0.6 is 11.8 Å². The first-order chi connectivity index (χ1) is 20.3. The number of methoxy groups -OCH3 is 3. The SMILES string of the molecule is CCOC(=O)c1ccc(N=C2S[C@@H](CC(=O)Nc3cccc(OC)c3)C(=O)N2CCc2ccc(OC)c(OC)c2)cc1. The van der Waals surface area contributed by atoms with Gasteiger partial charge in [0.15, 0.2) is 16.7 Å². The molecule has 3 aromatic rings. The van der Waals surface area contributed by atoms with Gasteiger partial charge < -0.3 is 24.3 Å². The predicted molar refractivity (Wildman–Crippen MR) is 162 cm³/mol. The van der Waals surface area contributed by atoms with E-state index >= 15 is 0 Å². The van der Waals surface area contributed by atoms with Crippen molar-refractivity contribution >= 4 is 46.1 Å². The molecule has 0 aliphatic carbocycles. The normalized spacial score (nSPS) is 15.4. The molecule has 1 fully saturated rings. The maximum Gasteiger partial charge on any atom is 0.338 e. The van der Waals surface area contributed by atoms with Crippen LogP contribution in [-0.4, -0.2) is 67.6 Å². The molecule has 1 aliphatic heterocycles. The largest absolute Gasteiger partial charge is 0.497 e. The van der Waals surface area contributed by atoms with Crippen molar-refractivity contribution < 1.29 is 33.3 Å². The summed E-state index contributed by atoms with van der Waals surface area (Å²) in [4.78, 5) is 44.8. The summed E-state index contributed by atoms with van der Waals surface area (Å²) in [5, 5.41) is 2.66. The molecule has 1 heterocycles. The molecule has 42 heavy (non-hydrogen) atoms. The van der Waals surface area contributed by atoms with Crippen molar-refractivity contribution in [2.45, 2.75) is 25.0 Å². The average Bonchev–Trinajstić information content (AvgIpc) is 3.28. The molecule has 1 N–H and O–H groups in total. The van der Waals surface area contributed by atoms with Gasteiger partial charge in [0, 0.05) is 24.7 Å². The van der Waals surface area contributed by atoms with Gasteiger partial charge in [0.2, 0.25) is 11.8 Å². The van der Waals surface area contributed by atoms with Crippen molar-refractivity contribution in [2.75, 3.05) is 39.8 Å². The fraction of sp³-hybridized carbons (Fsp3) is 0.290. The highest BCUT2D eigenvalue weighted by atomic mass is 32.2. The molecule has 0 radical (unpaired) electrons. The van der Waals surface area contributed by atoms with E-state index in [9.17, 15) is 14.4 Å². The average molecular weight is 592 g/mol. The number of ether oxygens (including phenoxy) is 4. The number of hydrogen-bond donors (Lipinski definition) is 1. The summed E-state index contributed by atoms with van der Waals surface area (Å²) in [6.45, 7) is 2.37. The number of benzene rings is 3. The minimum absolute atomic E-state index is 0.0333. The monoisotopic (exact) mass is 591 g/mol. The summed E-state index contributed by atoms with van der Waals surface area (Å²) in [5.41, 5.74) is 2.50. The number of hydrogen-bond acceptors (Lipinski definition) is 9. The van der Waals surface area contributed by atoms with Crippen LogP contribution in [0.2, 0.25) is 0 Å². The number of aliphatic imine (C=N–C) groups is 1. The highest BCUT2D eigenvalue weighted by molar-refractivity contribution is 8.15. The van der Waals surface area contributed by atoms with Crippen molar-refractivity contribution in [3.8, 4) is 17.2 Å². The number of amides is 2. The van der Waals surface area contributed by atoms with Gasteiger partial charge in [-0.3, -0.25) is 14.5 Å². The quantitative estimate of drug-likeness (QED) is 0.290. The summed E-state index contributed by atoms with van der Waals surface area (Å²) in [7, 11) is 4.70. The Hall–Kier alpha value is -4.51. The van der Waals surface area contributed by atoms with Crippen molar-refractivity contribution in [1.82, 2.24) is 4.90 Å². The Kier molecular flexibility index (Phi) is 10.4. The van der Waals surface area contributed by atoms with Gasteiger partial charge in [0.05, 0.1) is 39.2 Å². The van der Waals surface area contributed by atoms with E-state index in [1.807, 2.05) is 18.2 Å². The van der Waals surface area contributed by atoms with E-state index in [2.05, 4.69) is 5.32 Å². The molecule has 0 saturated carbocycles. The Balaban J connectivity index is 1.53. The summed E-state index contributed by atoms with van der Waals surface area (Å²) in [6.07, 6.45) is 0.491. The van der Waals surface area contributed by atoms with E-state index in [1.165, 1.54) is 11.8 Å². The lowest BCUT2D eigenvalue weighted by atomic mass is 10.1. The Morgan fingerprint density at radius 1 is 0.952 bits per heavy atom. The van der Waals surface area contributed by atoms with Gasteiger partial charge >= 0.3 is 5.97 Å². The zero-order valence-corrected chi connectivity index (χ0v) is 24.7. The lowest BCUT2D eigenvalue weighted by molar-refractivity contribution is -0.128. The zero-order valence-electron chi connectivity index (χ0n) is 23.9. The molecule has 3 aromatic carbocycles. The molecular weight excluding hydrogens is 558 g/mol. The van der Waals surface area contributed by atoms with E-state index < -0.39 is 11.2 Å². The number of thioether (sulfide) groups is 1. The number of anilines is 1. The molecule has 1 aliphatic rings. The minimum Gasteiger partial charge on any atom is -0.497 e. The van der Waals surface area contributed by atoms with Crippen LogP contribution in [-0.2, 0) is 20.7 Å². The molecule has 2 amide bonds. The van der Waals surface area contributed by atoms with E-state index in [4.69, 9.17) is 23.9 Å². The summed E-state index contributed by atoms with van der Waals surface area (Å²) >= 11 is 1.24. The van der Waals surface area contributed by atoms with Crippen LogP contribution in [0.5, 0.6) is 17.2 Å². The lowest BCUT2D eigenvalue weighted by Crippen LogP contribution is -2.35. The fourth-order valence-corrected chi connectivity index (χ4v) is 5.47. The van der Waals surface area contributed by atoms with E-state index in [0.717, 1.165) is 5.56 Å². The number of carbonyl (C=O) groups is 3. The van der Waals surface area contributed by atoms with Gasteiger partial charge in [0.25, 0.3) is 0 Å². The standard InChI is InChI=1S/C31H33N3O7S/c1-5-41-30(37)21-10-12-22(13-11-21)33-31-34(16-15-20-9-14-25(39-3)26(17-20)40-4)29(36)27(42-31)19-28(35)32-23-7-6-8-24(18-23)38-2/h6-14,17-18,27H,5,15-16,19H2,1-4H3,(H,32,35)/t27-/m0/s1. The van der Waals surface area contributed by atoms with Crippen molar-refractivity contribution in [3.05, 3.63) is 77.9 Å². The van der Waals surface area contributed by atoms with Crippen LogP contribution in [0, 0.1) is 0 Å². The number of carbonyl (C=O) groups excluding carboxylic acids is 3. The molecule has 4 rings (SSSR count). The Morgan fingerprint density at radius 2 is 1.71 bits per heavy atom. The first kappa shape index (κ1) is 30.4. The number of nitrogens with one attached hydrogen (secondary N) is 1. The van der Waals surface area contributed by atoms with E-state index in [-0.39, 0.29) is 24.8 Å². The highest BCUT2D eigenvalue weighted by Gasteiger charge is 2.39. The van der Waals surface area contributed by atoms with Crippen molar-refractivity contribution in [3.63, 3.8) is 0 Å². The van der Waals surface area contributed by atoms with Crippen molar-refractivity contribution in [2.24, 2.45) is 4.99 Å². The third-order valence-electron chi connectivity index (χ3n) is 6.42. The lowest BCUT2D eigenvalue weighted by Gasteiger charge is -2.17. The predicted octanol–water partition coefficient (Wildman–Crippen LogP) is 5.09. The van der Waals surface area contributed by atoms with Gasteiger partial charge in [-0.2, -0.15) is 0 Å². The third-order valence-corrected chi connectivity index (χ3v) is 7.59. The van der Waals surface area contributed by atoms with Crippen LogP contribution in [0.1, 0.15) is 29.3 Å². The van der Waals surface area contributed by atoms with Gasteiger partial charge in [-0.1, -0.05) is 23.9 Å². The van der Waals surface area contributed by atoms with Crippen LogP contribution in [0.3, 0.4) is 0 Å². The third kappa shape index (κ3) is 7.61. The van der Waals surface area contributed by atoms with Crippen LogP contribution in [0.4, 0.5) is 11.4 Å². The van der Waals surface area contributed by atoms with Crippen LogP contribution in [0.15, 0.2) is 71.7 Å². The molecule has 10 nitrogen and oxygen atoms in total. The smallest absolute Gasteiger partial charge is 0.338 e. The van der Waals surface area contributed by atoms with Gasteiger partial charge in [0.1, 0.15) is 11.0 Å². The van der Waals surface area contributed by atoms with E-state index in [1.54, 1.807) is 81.7 Å². The van der Waals surface area contributed by atoms with Crippen molar-refractivity contribution in [1.29, 1.82) is 0 Å². The molecule has 0 aromatic heterocycles. The summed E-state index contributed by atoms with van der Waals surface area (Å²) in [5.74, 6) is 0.909. The maximum absolute atomic E-state index is 13.6. The van der Waals surface area contributed by atoms with Crippen LogP contribution < -0.4 is 19.5 Å². The molecule has 0 spiro atoms. The fourth-order valence-electron chi connectivity index (χ4n) is 4.29. The Morgan fingerprint density at radius 3 is 2.40 bits per heavy atom. The molecule has 0 bridgehead atoms. The Labute approximate surface area is 249 Å². The molecule has 220 valence electrons. The van der Waals surface area contributed by atoms with Crippen LogP contribution in [0.25, 0.3) is 0 Å². The molecule has 0 unspecified atom stereocenters. The highest BCUT2D eigenvalue weighted by Crippen LogP contribution is 2.33. The number of rotatable bonds is 12. The first-order valence-electron chi connectivity index (χ1n) is 13.3. The zero-order chi connectivity index (χ0) is 30.1.